The summed E-state index contributed by atoms with van der Waals surface area (Å²) in [7, 11) is 1.81. The minimum absolute atomic E-state index is 0.137. The Labute approximate surface area is 205 Å². The van der Waals surface area contributed by atoms with Gasteiger partial charge in [0.25, 0.3) is 5.91 Å². The van der Waals surface area contributed by atoms with Crippen molar-refractivity contribution in [2.45, 2.75) is 40.8 Å². The number of hydrogen-bond donors (Lipinski definition) is 2. The van der Waals surface area contributed by atoms with Crippen LogP contribution in [0.5, 0.6) is 0 Å². The predicted octanol–water partition coefficient (Wildman–Crippen LogP) is 4.55. The Morgan fingerprint density at radius 1 is 1.09 bits per heavy atom. The molecule has 8 heteroatoms. The van der Waals surface area contributed by atoms with E-state index >= 15 is 0 Å². The molecule has 0 radical (unpaired) electrons. The van der Waals surface area contributed by atoms with E-state index in [1.807, 2.05) is 50.0 Å². The van der Waals surface area contributed by atoms with Crippen molar-refractivity contribution < 1.29 is 4.79 Å². The molecular weight excluding hydrogens is 438 g/mol. The average molecular weight is 470 g/mol. The fourth-order valence-electron chi connectivity index (χ4n) is 4.68. The number of nitrogens with one attached hydrogen (secondary N) is 2. The van der Waals surface area contributed by atoms with E-state index in [1.54, 1.807) is 4.90 Å². The van der Waals surface area contributed by atoms with Crippen LogP contribution < -0.4 is 10.6 Å². The van der Waals surface area contributed by atoms with Gasteiger partial charge in [0, 0.05) is 55.4 Å². The maximum absolute atomic E-state index is 13.7. The number of rotatable bonds is 5. The highest BCUT2D eigenvalue weighted by molar-refractivity contribution is 6.05. The first kappa shape index (κ1) is 22.8. The van der Waals surface area contributed by atoms with E-state index in [-0.39, 0.29) is 5.91 Å². The zero-order valence-electron chi connectivity index (χ0n) is 20.9. The van der Waals surface area contributed by atoms with Crippen molar-refractivity contribution in [1.82, 2.24) is 24.6 Å². The van der Waals surface area contributed by atoms with Crippen LogP contribution in [0.2, 0.25) is 0 Å². The van der Waals surface area contributed by atoms with Gasteiger partial charge in [-0.15, -0.1) is 0 Å². The number of aryl methyl sites for hydroxylation is 3. The summed E-state index contributed by atoms with van der Waals surface area (Å²) < 4.78 is 1.94. The Morgan fingerprint density at radius 2 is 1.89 bits per heavy atom. The first-order valence-corrected chi connectivity index (χ1v) is 12.0. The maximum Gasteiger partial charge on any atom is 0.273 e. The largest absolute Gasteiger partial charge is 0.382 e. The molecule has 180 valence electrons. The number of carbonyl (C=O) groups is 1. The van der Waals surface area contributed by atoms with Crippen molar-refractivity contribution >= 4 is 28.2 Å². The van der Waals surface area contributed by atoms with Crippen LogP contribution in [0.3, 0.4) is 0 Å². The smallest absolute Gasteiger partial charge is 0.273 e. The second-order valence-corrected chi connectivity index (χ2v) is 9.22. The number of anilines is 2. The molecule has 0 saturated carbocycles. The molecule has 0 fully saturated rings. The summed E-state index contributed by atoms with van der Waals surface area (Å²) in [6.07, 6.45) is 1.84. The zero-order valence-corrected chi connectivity index (χ0v) is 20.9. The number of benzene rings is 2. The van der Waals surface area contributed by atoms with Crippen molar-refractivity contribution in [3.05, 3.63) is 64.6 Å². The lowest BCUT2D eigenvalue weighted by Crippen LogP contribution is -2.28. The van der Waals surface area contributed by atoms with Crippen LogP contribution in [-0.4, -0.2) is 50.7 Å². The molecule has 1 aliphatic heterocycles. The van der Waals surface area contributed by atoms with Gasteiger partial charge in [-0.1, -0.05) is 11.6 Å². The van der Waals surface area contributed by atoms with E-state index < -0.39 is 0 Å². The van der Waals surface area contributed by atoms with E-state index in [0.717, 1.165) is 69.9 Å². The highest BCUT2D eigenvalue weighted by Crippen LogP contribution is 2.34. The fourth-order valence-corrected chi connectivity index (χ4v) is 4.68. The molecule has 0 aliphatic carbocycles. The van der Waals surface area contributed by atoms with Gasteiger partial charge in [0.15, 0.2) is 5.82 Å². The van der Waals surface area contributed by atoms with Crippen LogP contribution in [0.1, 0.15) is 39.8 Å². The SMILES string of the molecule is CCn1ncc(CN(C)C(=O)c2nc(-c3cc(C)c4c(c3)NCCN4)nc3ccc(C)cc23)c1C. The first-order chi connectivity index (χ1) is 16.9. The third-order valence-corrected chi connectivity index (χ3v) is 6.65. The summed E-state index contributed by atoms with van der Waals surface area (Å²) in [5, 5.41) is 12.1. The molecule has 2 N–H and O–H groups in total. The van der Waals surface area contributed by atoms with Gasteiger partial charge in [-0.2, -0.15) is 5.10 Å². The number of hydrogen-bond acceptors (Lipinski definition) is 6. The second kappa shape index (κ2) is 9.02. The molecule has 35 heavy (non-hydrogen) atoms. The summed E-state index contributed by atoms with van der Waals surface area (Å²) in [6, 6.07) is 10.1. The number of carbonyl (C=O) groups excluding carboxylic acids is 1. The van der Waals surface area contributed by atoms with Gasteiger partial charge in [-0.3, -0.25) is 9.48 Å². The van der Waals surface area contributed by atoms with Crippen molar-refractivity contribution in [3.8, 4) is 11.4 Å². The molecule has 0 unspecified atom stereocenters. The van der Waals surface area contributed by atoms with Crippen molar-refractivity contribution in [2.24, 2.45) is 0 Å². The molecule has 2 aromatic heterocycles. The molecule has 0 spiro atoms. The molecule has 2 aromatic carbocycles. The third kappa shape index (κ3) is 4.20. The Hall–Kier alpha value is -3.94. The van der Waals surface area contributed by atoms with Crippen LogP contribution in [0.4, 0.5) is 11.4 Å². The number of amides is 1. The van der Waals surface area contributed by atoms with Gasteiger partial charge in [0.2, 0.25) is 0 Å². The molecule has 5 rings (SSSR count). The van der Waals surface area contributed by atoms with Crippen LogP contribution >= 0.6 is 0 Å². The number of fused-ring (bicyclic) bond motifs is 2. The predicted molar refractivity (Wildman–Crippen MR) is 140 cm³/mol. The number of nitrogens with zero attached hydrogens (tertiary/aromatic N) is 5. The normalized spacial score (nSPS) is 12.7. The van der Waals surface area contributed by atoms with Crippen LogP contribution in [0, 0.1) is 20.8 Å². The van der Waals surface area contributed by atoms with E-state index in [2.05, 4.69) is 41.7 Å². The van der Waals surface area contributed by atoms with Crippen LogP contribution in [0.25, 0.3) is 22.3 Å². The zero-order chi connectivity index (χ0) is 24.7. The van der Waals surface area contributed by atoms with Crippen molar-refractivity contribution in [3.63, 3.8) is 0 Å². The van der Waals surface area contributed by atoms with E-state index in [1.165, 1.54) is 0 Å². The van der Waals surface area contributed by atoms with Gasteiger partial charge in [-0.25, -0.2) is 9.97 Å². The molecule has 0 saturated heterocycles. The lowest BCUT2D eigenvalue weighted by atomic mass is 10.0. The second-order valence-electron chi connectivity index (χ2n) is 9.22. The summed E-state index contributed by atoms with van der Waals surface area (Å²) in [5.41, 5.74) is 8.48. The molecule has 3 heterocycles. The van der Waals surface area contributed by atoms with Gasteiger partial charge in [-0.05, 0) is 57.5 Å². The quantitative estimate of drug-likeness (QED) is 0.446. The van der Waals surface area contributed by atoms with Crippen molar-refractivity contribution in [1.29, 1.82) is 0 Å². The lowest BCUT2D eigenvalue weighted by Gasteiger charge is -2.23. The summed E-state index contributed by atoms with van der Waals surface area (Å²) in [5.74, 6) is 0.411. The third-order valence-electron chi connectivity index (χ3n) is 6.65. The molecule has 8 nitrogen and oxygen atoms in total. The van der Waals surface area contributed by atoms with E-state index in [4.69, 9.17) is 9.97 Å². The molecule has 0 atom stereocenters. The van der Waals surface area contributed by atoms with Gasteiger partial charge in [0.05, 0.1) is 23.1 Å². The minimum atomic E-state index is -0.137. The standard InChI is InChI=1S/C27H31N7O/c1-6-34-18(4)20(14-30-34)15-33(5)27(35)25-21-11-16(2)7-8-22(21)31-26(32-25)19-12-17(3)24-23(13-19)28-9-10-29-24/h7-8,11-14,28-29H,6,9-10,15H2,1-5H3. The van der Waals surface area contributed by atoms with Gasteiger partial charge in [0.1, 0.15) is 5.69 Å². The molecule has 1 aliphatic rings. The lowest BCUT2D eigenvalue weighted by molar-refractivity contribution is 0.0781. The first-order valence-electron chi connectivity index (χ1n) is 12.0. The Bertz CT molecular complexity index is 1440. The molecular formula is C27H31N7O. The Morgan fingerprint density at radius 3 is 2.66 bits per heavy atom. The van der Waals surface area contributed by atoms with Crippen LogP contribution in [-0.2, 0) is 13.1 Å². The molecule has 4 aromatic rings. The minimum Gasteiger partial charge on any atom is -0.382 e. The Kier molecular flexibility index (Phi) is 5.88. The number of aromatic nitrogens is 4. The summed E-state index contributed by atoms with van der Waals surface area (Å²) in [4.78, 5) is 25.1. The summed E-state index contributed by atoms with van der Waals surface area (Å²) >= 11 is 0. The highest BCUT2D eigenvalue weighted by atomic mass is 16.2. The Balaban J connectivity index is 1.58. The fraction of sp³-hybridized carbons (Fsp3) is 0.333. The van der Waals surface area contributed by atoms with E-state index in [9.17, 15) is 4.79 Å². The summed E-state index contributed by atoms with van der Waals surface area (Å²) in [6.45, 7) is 11.2. The topological polar surface area (TPSA) is 88.0 Å². The average Bonchev–Trinajstić information content (AvgIpc) is 3.21. The highest BCUT2D eigenvalue weighted by Gasteiger charge is 2.22. The monoisotopic (exact) mass is 469 g/mol. The maximum atomic E-state index is 13.7. The molecule has 0 bridgehead atoms. The van der Waals surface area contributed by atoms with Gasteiger partial charge >= 0.3 is 0 Å². The van der Waals surface area contributed by atoms with Gasteiger partial charge < -0.3 is 15.5 Å². The van der Waals surface area contributed by atoms with E-state index in [0.29, 0.717) is 18.1 Å². The van der Waals surface area contributed by atoms with Crippen molar-refractivity contribution in [2.75, 3.05) is 30.8 Å². The van der Waals surface area contributed by atoms with Crippen LogP contribution in [0.15, 0.2) is 36.5 Å². The molecule has 1 amide bonds.